The summed E-state index contributed by atoms with van der Waals surface area (Å²) in [5.41, 5.74) is 6.96. The van der Waals surface area contributed by atoms with Gasteiger partial charge in [0.1, 0.15) is 18.4 Å². The number of anilines is 2. The number of aliphatic hydroxyl groups is 2. The van der Waals surface area contributed by atoms with Crippen LogP contribution in [-0.2, 0) is 11.4 Å². The maximum Gasteiger partial charge on any atom is 0.262 e. The molecular weight excluding hydrogens is 470 g/mol. The van der Waals surface area contributed by atoms with E-state index >= 15 is 0 Å². The van der Waals surface area contributed by atoms with Gasteiger partial charge in [-0.3, -0.25) is 9.69 Å². The van der Waals surface area contributed by atoms with E-state index in [0.717, 1.165) is 41.2 Å². The predicted octanol–water partition coefficient (Wildman–Crippen LogP) is 1.80. The smallest absolute Gasteiger partial charge is 0.262 e. The van der Waals surface area contributed by atoms with E-state index in [1.54, 1.807) is 0 Å². The van der Waals surface area contributed by atoms with Crippen LogP contribution < -0.4 is 20.0 Å². The third-order valence-electron chi connectivity index (χ3n) is 7.23. The molecule has 0 radical (unpaired) electrons. The Morgan fingerprint density at radius 2 is 1.97 bits per heavy atom. The van der Waals surface area contributed by atoms with Crippen LogP contribution >= 0.6 is 12.4 Å². The summed E-state index contributed by atoms with van der Waals surface area (Å²) >= 11 is 0. The van der Waals surface area contributed by atoms with E-state index in [2.05, 4.69) is 40.4 Å². The van der Waals surface area contributed by atoms with Crippen LogP contribution in [0.3, 0.4) is 0 Å². The minimum Gasteiger partial charge on any atom is -0.483 e. The lowest BCUT2D eigenvalue weighted by Crippen LogP contribution is -2.68. The molecule has 5 rings (SSSR count). The highest BCUT2D eigenvalue weighted by molar-refractivity contribution is 6.10. The second kappa shape index (κ2) is 9.66. The van der Waals surface area contributed by atoms with Crippen LogP contribution in [0.4, 0.5) is 11.4 Å². The number of carbonyl (C=O) groups excluding carboxylic acids is 1. The number of halogens is 1. The first-order chi connectivity index (χ1) is 16.4. The zero-order chi connectivity index (χ0) is 24.0. The van der Waals surface area contributed by atoms with Crippen molar-refractivity contribution in [3.63, 3.8) is 0 Å². The molecule has 0 unspecified atom stereocenters. The number of carbonyl (C=O) groups is 1. The Bertz CT molecular complexity index is 1150. The molecule has 3 aliphatic heterocycles. The van der Waals surface area contributed by atoms with Crippen molar-refractivity contribution < 1.29 is 19.7 Å². The molecule has 10 heteroatoms. The van der Waals surface area contributed by atoms with Crippen LogP contribution in [0.5, 0.6) is 5.75 Å². The third kappa shape index (κ3) is 4.23. The number of β-amino-alcohol motifs (C(OH)–C–C–N with tert-alkyl or cyclic N) is 1. The zero-order valence-corrected chi connectivity index (χ0v) is 21.0. The number of aliphatic hydroxyl groups excluding tert-OH is 2. The summed E-state index contributed by atoms with van der Waals surface area (Å²) in [7, 11) is 2.08. The Hall–Kier alpha value is -2.85. The zero-order valence-electron chi connectivity index (χ0n) is 20.2. The van der Waals surface area contributed by atoms with Gasteiger partial charge in [0.2, 0.25) is 0 Å². The van der Waals surface area contributed by atoms with Gasteiger partial charge in [0.05, 0.1) is 24.4 Å². The van der Waals surface area contributed by atoms with E-state index in [1.807, 2.05) is 42.2 Å². The van der Waals surface area contributed by atoms with Crippen LogP contribution in [0.15, 0.2) is 41.5 Å². The number of likely N-dealkylation sites (N-methyl/N-ethyl adjacent to an activating group) is 1. The first-order valence-corrected chi connectivity index (χ1v) is 11.6. The molecule has 3 N–H and O–H groups in total. The van der Waals surface area contributed by atoms with E-state index < -0.39 is 6.04 Å². The minimum absolute atomic E-state index is 0. The summed E-state index contributed by atoms with van der Waals surface area (Å²) in [6, 6.07) is 11.5. The first kappa shape index (κ1) is 25.2. The van der Waals surface area contributed by atoms with Crippen molar-refractivity contribution in [1.29, 1.82) is 0 Å². The quantitative estimate of drug-likeness (QED) is 0.555. The number of benzene rings is 2. The lowest BCUT2D eigenvalue weighted by atomic mass is 9.88. The average Bonchev–Trinajstić information content (AvgIpc) is 2.83. The summed E-state index contributed by atoms with van der Waals surface area (Å²) in [5.74, 6) is 1.19. The second-order valence-corrected chi connectivity index (χ2v) is 9.48. The van der Waals surface area contributed by atoms with Crippen LogP contribution in [0.1, 0.15) is 19.4 Å². The molecule has 0 aliphatic carbocycles. The number of amidine groups is 1. The summed E-state index contributed by atoms with van der Waals surface area (Å²) in [4.78, 5) is 18.8. The molecule has 3 heterocycles. The molecule has 35 heavy (non-hydrogen) atoms. The van der Waals surface area contributed by atoms with E-state index in [-0.39, 0.29) is 43.7 Å². The SMILES string of the molecule is C[C@@H]1C(=O)NN=C2COc3cc(-c4ccccc4CO)c(N(C)C4(C)CN(CCO)C4)cc3N21.Cl. The average molecular weight is 502 g/mol. The van der Waals surface area contributed by atoms with Crippen LogP contribution in [0.2, 0.25) is 0 Å². The number of fused-ring (bicyclic) bond motifs is 3. The molecule has 3 aliphatic rings. The number of hydrazone groups is 1. The van der Waals surface area contributed by atoms with E-state index in [0.29, 0.717) is 18.1 Å². The Morgan fingerprint density at radius 1 is 1.23 bits per heavy atom. The Morgan fingerprint density at radius 3 is 2.69 bits per heavy atom. The molecule has 0 spiro atoms. The fourth-order valence-corrected chi connectivity index (χ4v) is 5.19. The molecule has 0 saturated carbocycles. The largest absolute Gasteiger partial charge is 0.483 e. The monoisotopic (exact) mass is 501 g/mol. The van der Waals surface area contributed by atoms with E-state index in [4.69, 9.17) is 4.74 Å². The minimum atomic E-state index is -0.414. The highest BCUT2D eigenvalue weighted by Crippen LogP contribution is 2.46. The van der Waals surface area contributed by atoms with Crippen LogP contribution in [-0.4, -0.2) is 78.3 Å². The van der Waals surface area contributed by atoms with Gasteiger partial charge in [-0.1, -0.05) is 24.3 Å². The Balaban J connectivity index is 0.00000289. The number of likely N-dealkylation sites (tertiary alicyclic amines) is 1. The molecule has 1 atom stereocenters. The van der Waals surface area contributed by atoms with Crippen molar-refractivity contribution in [2.45, 2.75) is 32.0 Å². The molecule has 9 nitrogen and oxygen atoms in total. The van der Waals surface area contributed by atoms with Crippen molar-refractivity contribution >= 4 is 35.5 Å². The number of hydrogen-bond donors (Lipinski definition) is 3. The second-order valence-electron chi connectivity index (χ2n) is 9.48. The molecule has 2 aromatic carbocycles. The fraction of sp³-hybridized carbons (Fsp3) is 0.440. The van der Waals surface area contributed by atoms with Crippen molar-refractivity contribution in [3.8, 4) is 16.9 Å². The van der Waals surface area contributed by atoms with Gasteiger partial charge in [-0.25, -0.2) is 5.43 Å². The maximum absolute atomic E-state index is 12.4. The highest BCUT2D eigenvalue weighted by atomic mass is 35.5. The van der Waals surface area contributed by atoms with Gasteiger partial charge >= 0.3 is 0 Å². The summed E-state index contributed by atoms with van der Waals surface area (Å²) in [6.45, 7) is 6.71. The lowest BCUT2D eigenvalue weighted by Gasteiger charge is -2.54. The molecule has 1 amide bonds. The molecule has 1 fully saturated rings. The summed E-state index contributed by atoms with van der Waals surface area (Å²) < 4.78 is 6.08. The summed E-state index contributed by atoms with van der Waals surface area (Å²) in [6.07, 6.45) is 0. The van der Waals surface area contributed by atoms with Gasteiger partial charge in [0, 0.05) is 37.9 Å². The Kier molecular flexibility index (Phi) is 6.97. The topological polar surface area (TPSA) is 101 Å². The van der Waals surface area contributed by atoms with Crippen molar-refractivity contribution in [3.05, 3.63) is 42.0 Å². The summed E-state index contributed by atoms with van der Waals surface area (Å²) in [5, 5.41) is 23.6. The highest BCUT2D eigenvalue weighted by Gasteiger charge is 2.43. The van der Waals surface area contributed by atoms with Crippen molar-refractivity contribution in [1.82, 2.24) is 10.3 Å². The molecule has 1 saturated heterocycles. The van der Waals surface area contributed by atoms with Gasteiger partial charge < -0.3 is 24.7 Å². The van der Waals surface area contributed by atoms with E-state index in [1.165, 1.54) is 0 Å². The van der Waals surface area contributed by atoms with Crippen LogP contribution in [0.25, 0.3) is 11.1 Å². The van der Waals surface area contributed by atoms with Gasteiger partial charge in [-0.2, -0.15) is 5.10 Å². The molecular formula is C25H32ClN5O4. The maximum atomic E-state index is 12.4. The van der Waals surface area contributed by atoms with Crippen molar-refractivity contribution in [2.24, 2.45) is 5.10 Å². The predicted molar refractivity (Wildman–Crippen MR) is 138 cm³/mol. The van der Waals surface area contributed by atoms with Gasteiger partial charge in [-0.05, 0) is 37.1 Å². The van der Waals surface area contributed by atoms with Crippen molar-refractivity contribution in [2.75, 3.05) is 49.7 Å². The molecule has 2 aromatic rings. The number of nitrogens with zero attached hydrogens (tertiary/aromatic N) is 4. The first-order valence-electron chi connectivity index (χ1n) is 11.6. The molecule has 0 bridgehead atoms. The number of hydrogen-bond acceptors (Lipinski definition) is 8. The van der Waals surface area contributed by atoms with Gasteiger partial charge in [-0.15, -0.1) is 12.4 Å². The molecule has 188 valence electrons. The van der Waals surface area contributed by atoms with Gasteiger partial charge in [0.15, 0.2) is 5.84 Å². The standard InChI is InChI=1S/C25H31N5O4.ClH/c1-16-24(33)27-26-23-13-34-22-10-19(18-7-5-4-6-17(18)12-32)20(11-21(22)30(16)23)28(3)25(2)14-29(15-25)8-9-31;/h4-7,10-11,16,31-32H,8-9,12-15H2,1-3H3,(H,27,33);1H/t16-;/m1./s1. The Labute approximate surface area is 211 Å². The van der Waals surface area contributed by atoms with Gasteiger partial charge in [0.25, 0.3) is 5.91 Å². The number of amides is 1. The number of ether oxygens (including phenoxy) is 1. The number of nitrogens with one attached hydrogen (secondary N) is 1. The number of rotatable bonds is 6. The lowest BCUT2D eigenvalue weighted by molar-refractivity contribution is -0.122. The fourth-order valence-electron chi connectivity index (χ4n) is 5.19. The molecule has 0 aromatic heterocycles. The normalized spacial score (nSPS) is 20.4. The van der Waals surface area contributed by atoms with E-state index in [9.17, 15) is 15.0 Å². The van der Waals surface area contributed by atoms with Crippen LogP contribution in [0, 0.1) is 0 Å². The third-order valence-corrected chi connectivity index (χ3v) is 7.23.